The van der Waals surface area contributed by atoms with Crippen LogP contribution >= 0.6 is 11.3 Å². The molecule has 1 atom stereocenters. The van der Waals surface area contributed by atoms with Crippen LogP contribution in [0.5, 0.6) is 0 Å². The van der Waals surface area contributed by atoms with Crippen LogP contribution in [0.3, 0.4) is 0 Å². The molecule has 0 saturated carbocycles. The van der Waals surface area contributed by atoms with Crippen molar-refractivity contribution in [2.75, 3.05) is 31.1 Å². The summed E-state index contributed by atoms with van der Waals surface area (Å²) in [5.41, 5.74) is 2.60. The van der Waals surface area contributed by atoms with Gasteiger partial charge in [0.1, 0.15) is 0 Å². The summed E-state index contributed by atoms with van der Waals surface area (Å²) in [5, 5.41) is 11.1. The van der Waals surface area contributed by atoms with Gasteiger partial charge in [0.2, 0.25) is 0 Å². The molecule has 4 nitrogen and oxygen atoms in total. The molecule has 5 heteroatoms. The Morgan fingerprint density at radius 3 is 2.88 bits per heavy atom. The Hall–Kier alpha value is -2.01. The molecule has 0 spiro atoms. The minimum atomic E-state index is 0.662. The number of nitrogens with one attached hydrogen (secondary N) is 2. The highest BCUT2D eigenvalue weighted by atomic mass is 32.1. The van der Waals surface area contributed by atoms with Crippen molar-refractivity contribution in [3.63, 3.8) is 0 Å². The second-order valence-electron chi connectivity index (χ2n) is 6.14. The Labute approximate surface area is 148 Å². The SMILES string of the molecule is CCNC(=NCc1ccsc1)NCC1CCN(c2ccccc2)C1. The number of benzene rings is 1. The second-order valence-corrected chi connectivity index (χ2v) is 6.92. The molecule has 0 amide bonds. The van der Waals surface area contributed by atoms with Gasteiger partial charge in [0, 0.05) is 31.9 Å². The molecule has 3 rings (SSSR count). The zero-order chi connectivity index (χ0) is 16.6. The molecule has 0 aliphatic carbocycles. The molecule has 0 bridgehead atoms. The first kappa shape index (κ1) is 16.8. The molecule has 1 aromatic carbocycles. The lowest BCUT2D eigenvalue weighted by molar-refractivity contribution is 0.566. The summed E-state index contributed by atoms with van der Waals surface area (Å²) < 4.78 is 0. The monoisotopic (exact) mass is 342 g/mol. The highest BCUT2D eigenvalue weighted by Gasteiger charge is 2.22. The van der Waals surface area contributed by atoms with Crippen LogP contribution in [0.2, 0.25) is 0 Å². The predicted molar refractivity (Wildman–Crippen MR) is 104 cm³/mol. The summed E-state index contributed by atoms with van der Waals surface area (Å²) in [7, 11) is 0. The van der Waals surface area contributed by atoms with Gasteiger partial charge in [0.15, 0.2) is 5.96 Å². The Balaban J connectivity index is 1.49. The first-order valence-electron chi connectivity index (χ1n) is 8.68. The van der Waals surface area contributed by atoms with Crippen molar-refractivity contribution in [1.29, 1.82) is 0 Å². The molecule has 24 heavy (non-hydrogen) atoms. The van der Waals surface area contributed by atoms with Crippen molar-refractivity contribution >= 4 is 23.0 Å². The van der Waals surface area contributed by atoms with Crippen LogP contribution in [0.1, 0.15) is 18.9 Å². The number of anilines is 1. The molecule has 1 unspecified atom stereocenters. The minimum absolute atomic E-state index is 0.662. The van der Waals surface area contributed by atoms with E-state index in [4.69, 9.17) is 0 Å². The van der Waals surface area contributed by atoms with Gasteiger partial charge in [-0.3, -0.25) is 0 Å². The van der Waals surface area contributed by atoms with Gasteiger partial charge in [-0.05, 0) is 53.8 Å². The van der Waals surface area contributed by atoms with Crippen LogP contribution in [0.15, 0.2) is 52.2 Å². The van der Waals surface area contributed by atoms with Gasteiger partial charge in [0.25, 0.3) is 0 Å². The third kappa shape index (κ3) is 4.74. The van der Waals surface area contributed by atoms with E-state index in [1.54, 1.807) is 11.3 Å². The summed E-state index contributed by atoms with van der Waals surface area (Å²) in [5.74, 6) is 1.58. The lowest BCUT2D eigenvalue weighted by atomic mass is 10.1. The third-order valence-electron chi connectivity index (χ3n) is 4.31. The molecule has 0 radical (unpaired) electrons. The van der Waals surface area contributed by atoms with Crippen LogP contribution in [0, 0.1) is 5.92 Å². The first-order chi connectivity index (χ1) is 11.8. The second kappa shape index (κ2) is 8.73. The lowest BCUT2D eigenvalue weighted by Crippen LogP contribution is -2.40. The van der Waals surface area contributed by atoms with Gasteiger partial charge in [-0.15, -0.1) is 0 Å². The van der Waals surface area contributed by atoms with E-state index >= 15 is 0 Å². The van der Waals surface area contributed by atoms with E-state index < -0.39 is 0 Å². The Kier molecular flexibility index (Phi) is 6.13. The molecule has 1 saturated heterocycles. The number of hydrogen-bond acceptors (Lipinski definition) is 3. The zero-order valence-corrected chi connectivity index (χ0v) is 15.1. The molecule has 2 heterocycles. The molecule has 1 aliphatic rings. The standard InChI is InChI=1S/C19H26N4S/c1-2-20-19(22-13-17-9-11-24-15-17)21-12-16-8-10-23(14-16)18-6-4-3-5-7-18/h3-7,9,11,15-16H,2,8,10,12-14H2,1H3,(H2,20,21,22). The normalized spacial score (nSPS) is 18.0. The summed E-state index contributed by atoms with van der Waals surface area (Å²) in [6, 6.07) is 12.8. The van der Waals surface area contributed by atoms with E-state index in [9.17, 15) is 0 Å². The molecular formula is C19H26N4S. The van der Waals surface area contributed by atoms with E-state index in [0.29, 0.717) is 5.92 Å². The van der Waals surface area contributed by atoms with Gasteiger partial charge < -0.3 is 15.5 Å². The Morgan fingerprint density at radius 1 is 1.25 bits per heavy atom. The maximum absolute atomic E-state index is 4.68. The molecule has 1 fully saturated rings. The topological polar surface area (TPSA) is 39.7 Å². The van der Waals surface area contributed by atoms with Crippen molar-refractivity contribution in [2.45, 2.75) is 19.9 Å². The summed E-state index contributed by atoms with van der Waals surface area (Å²) in [6.07, 6.45) is 1.23. The molecule has 1 aliphatic heterocycles. The fourth-order valence-electron chi connectivity index (χ4n) is 3.01. The zero-order valence-electron chi connectivity index (χ0n) is 14.2. The van der Waals surface area contributed by atoms with Crippen LogP contribution in [-0.2, 0) is 6.54 Å². The van der Waals surface area contributed by atoms with Crippen LogP contribution in [0.4, 0.5) is 5.69 Å². The van der Waals surface area contributed by atoms with Crippen molar-refractivity contribution in [2.24, 2.45) is 10.9 Å². The minimum Gasteiger partial charge on any atom is -0.371 e. The van der Waals surface area contributed by atoms with Gasteiger partial charge >= 0.3 is 0 Å². The van der Waals surface area contributed by atoms with E-state index in [-0.39, 0.29) is 0 Å². The molecular weight excluding hydrogens is 316 g/mol. The van der Waals surface area contributed by atoms with Gasteiger partial charge in [-0.1, -0.05) is 18.2 Å². The molecule has 128 valence electrons. The lowest BCUT2D eigenvalue weighted by Gasteiger charge is -2.19. The van der Waals surface area contributed by atoms with Crippen molar-refractivity contribution in [3.8, 4) is 0 Å². The fraction of sp³-hybridized carbons (Fsp3) is 0.421. The maximum Gasteiger partial charge on any atom is 0.191 e. The molecule has 2 N–H and O–H groups in total. The third-order valence-corrected chi connectivity index (χ3v) is 5.04. The Bertz CT molecular complexity index is 624. The van der Waals surface area contributed by atoms with E-state index in [1.165, 1.54) is 17.7 Å². The fourth-order valence-corrected chi connectivity index (χ4v) is 3.67. The van der Waals surface area contributed by atoms with E-state index in [2.05, 4.69) is 74.6 Å². The smallest absolute Gasteiger partial charge is 0.191 e. The number of hydrogen-bond donors (Lipinski definition) is 2. The number of thiophene rings is 1. The number of nitrogens with zero attached hydrogens (tertiary/aromatic N) is 2. The number of rotatable bonds is 6. The highest BCUT2D eigenvalue weighted by Crippen LogP contribution is 2.22. The van der Waals surface area contributed by atoms with E-state index in [0.717, 1.165) is 38.7 Å². The number of para-hydroxylation sites is 1. The number of aliphatic imine (C=N–C) groups is 1. The largest absolute Gasteiger partial charge is 0.371 e. The average molecular weight is 343 g/mol. The van der Waals surface area contributed by atoms with Gasteiger partial charge in [-0.2, -0.15) is 11.3 Å². The first-order valence-corrected chi connectivity index (χ1v) is 9.62. The van der Waals surface area contributed by atoms with Gasteiger partial charge in [0.05, 0.1) is 6.54 Å². The van der Waals surface area contributed by atoms with Crippen molar-refractivity contribution < 1.29 is 0 Å². The van der Waals surface area contributed by atoms with E-state index in [1.807, 2.05) is 0 Å². The molecule has 2 aromatic rings. The number of guanidine groups is 1. The van der Waals surface area contributed by atoms with Crippen LogP contribution in [-0.4, -0.2) is 32.1 Å². The Morgan fingerprint density at radius 2 is 2.12 bits per heavy atom. The summed E-state index contributed by atoms with van der Waals surface area (Å²) in [6.45, 7) is 6.95. The summed E-state index contributed by atoms with van der Waals surface area (Å²) >= 11 is 1.72. The highest BCUT2D eigenvalue weighted by molar-refractivity contribution is 7.07. The quantitative estimate of drug-likeness (QED) is 0.625. The summed E-state index contributed by atoms with van der Waals surface area (Å²) in [4.78, 5) is 7.16. The van der Waals surface area contributed by atoms with Crippen molar-refractivity contribution in [1.82, 2.24) is 10.6 Å². The maximum atomic E-state index is 4.68. The van der Waals surface area contributed by atoms with Crippen LogP contribution < -0.4 is 15.5 Å². The van der Waals surface area contributed by atoms with Gasteiger partial charge in [-0.25, -0.2) is 4.99 Å². The van der Waals surface area contributed by atoms with Crippen molar-refractivity contribution in [3.05, 3.63) is 52.7 Å². The van der Waals surface area contributed by atoms with Crippen LogP contribution in [0.25, 0.3) is 0 Å². The average Bonchev–Trinajstić information content (AvgIpc) is 3.30. The predicted octanol–water partition coefficient (Wildman–Crippen LogP) is 3.33. The molecule has 1 aromatic heterocycles.